The van der Waals surface area contributed by atoms with Gasteiger partial charge in [0.2, 0.25) is 0 Å². The summed E-state index contributed by atoms with van der Waals surface area (Å²) in [6.07, 6.45) is -7.06. The largest absolute Gasteiger partial charge is 0.463 e. The minimum Gasteiger partial charge on any atom is -0.463 e. The van der Waals surface area contributed by atoms with Crippen LogP contribution in [0.5, 0.6) is 0 Å². The fourth-order valence-corrected chi connectivity index (χ4v) is 1.73. The maximum absolute atomic E-state index is 11.5. The number of rotatable bonds is 3. The SMILES string of the molecule is CC(C)(C)CC(=O)OCC1OC(O)C(O)C(O)C1O. The molecular weight excluding hydrogens is 256 g/mol. The van der Waals surface area contributed by atoms with Crippen LogP contribution in [0.3, 0.4) is 0 Å². The van der Waals surface area contributed by atoms with E-state index in [1.54, 1.807) is 0 Å². The van der Waals surface area contributed by atoms with Crippen molar-refractivity contribution in [3.05, 3.63) is 0 Å². The van der Waals surface area contributed by atoms with Crippen LogP contribution in [0.2, 0.25) is 0 Å². The Morgan fingerprint density at radius 2 is 1.68 bits per heavy atom. The molecule has 1 rings (SSSR count). The molecule has 4 N–H and O–H groups in total. The molecule has 7 nitrogen and oxygen atoms in total. The topological polar surface area (TPSA) is 116 Å². The molecule has 0 amide bonds. The summed E-state index contributed by atoms with van der Waals surface area (Å²) in [5, 5.41) is 37.7. The van der Waals surface area contributed by atoms with Crippen molar-refractivity contribution in [3.63, 3.8) is 0 Å². The molecule has 1 heterocycles. The lowest BCUT2D eigenvalue weighted by atomic mass is 9.92. The summed E-state index contributed by atoms with van der Waals surface area (Å²) in [5.41, 5.74) is -0.224. The van der Waals surface area contributed by atoms with E-state index in [4.69, 9.17) is 9.47 Å². The first kappa shape index (κ1) is 16.3. The average Bonchev–Trinajstić information content (AvgIpc) is 2.27. The number of aliphatic hydroxyl groups is 4. The number of hydrogen-bond donors (Lipinski definition) is 4. The van der Waals surface area contributed by atoms with Crippen LogP contribution in [0.15, 0.2) is 0 Å². The lowest BCUT2D eigenvalue weighted by Crippen LogP contribution is -2.58. The van der Waals surface area contributed by atoms with E-state index in [-0.39, 0.29) is 18.4 Å². The van der Waals surface area contributed by atoms with Crippen molar-refractivity contribution in [1.29, 1.82) is 0 Å². The van der Waals surface area contributed by atoms with E-state index in [0.29, 0.717) is 0 Å². The summed E-state index contributed by atoms with van der Waals surface area (Å²) in [6, 6.07) is 0. The minimum atomic E-state index is -1.62. The normalized spacial score (nSPS) is 36.1. The fraction of sp³-hybridized carbons (Fsp3) is 0.917. The van der Waals surface area contributed by atoms with Crippen LogP contribution < -0.4 is 0 Å². The van der Waals surface area contributed by atoms with Gasteiger partial charge in [-0.15, -0.1) is 0 Å². The Morgan fingerprint density at radius 1 is 1.11 bits per heavy atom. The van der Waals surface area contributed by atoms with Crippen molar-refractivity contribution in [2.45, 2.75) is 57.9 Å². The van der Waals surface area contributed by atoms with E-state index in [2.05, 4.69) is 0 Å². The zero-order chi connectivity index (χ0) is 14.8. The van der Waals surface area contributed by atoms with E-state index < -0.39 is 36.7 Å². The third kappa shape index (κ3) is 4.70. The van der Waals surface area contributed by atoms with E-state index in [0.717, 1.165) is 0 Å². The molecule has 0 saturated carbocycles. The average molecular weight is 278 g/mol. The van der Waals surface area contributed by atoms with Gasteiger partial charge in [-0.05, 0) is 5.41 Å². The van der Waals surface area contributed by atoms with Crippen LogP contribution in [0.25, 0.3) is 0 Å². The van der Waals surface area contributed by atoms with Crippen molar-refractivity contribution < 1.29 is 34.7 Å². The van der Waals surface area contributed by atoms with Gasteiger partial charge in [0.25, 0.3) is 0 Å². The molecular formula is C12H22O7. The molecule has 0 aromatic carbocycles. The van der Waals surface area contributed by atoms with E-state index in [9.17, 15) is 25.2 Å². The predicted octanol–water partition coefficient (Wildman–Crippen LogP) is -1.23. The molecule has 0 aliphatic carbocycles. The Bertz CT molecular complexity index is 312. The smallest absolute Gasteiger partial charge is 0.306 e. The lowest BCUT2D eigenvalue weighted by Gasteiger charge is -2.37. The van der Waals surface area contributed by atoms with Crippen LogP contribution in [0, 0.1) is 5.41 Å². The highest BCUT2D eigenvalue weighted by molar-refractivity contribution is 5.70. The Labute approximate surface area is 111 Å². The van der Waals surface area contributed by atoms with Crippen molar-refractivity contribution in [2.24, 2.45) is 5.41 Å². The highest BCUT2D eigenvalue weighted by Gasteiger charge is 2.43. The van der Waals surface area contributed by atoms with Gasteiger partial charge in [0.05, 0.1) is 6.42 Å². The second-order valence-corrected chi connectivity index (χ2v) is 5.96. The first-order valence-corrected chi connectivity index (χ1v) is 6.15. The molecule has 0 radical (unpaired) electrons. The molecule has 1 fully saturated rings. The molecule has 1 aliphatic heterocycles. The monoisotopic (exact) mass is 278 g/mol. The molecule has 5 atom stereocenters. The van der Waals surface area contributed by atoms with Gasteiger partial charge < -0.3 is 29.9 Å². The highest BCUT2D eigenvalue weighted by Crippen LogP contribution is 2.22. The van der Waals surface area contributed by atoms with Gasteiger partial charge in [-0.3, -0.25) is 4.79 Å². The van der Waals surface area contributed by atoms with Crippen molar-refractivity contribution in [1.82, 2.24) is 0 Å². The molecule has 1 saturated heterocycles. The molecule has 5 unspecified atom stereocenters. The van der Waals surface area contributed by atoms with Crippen LogP contribution in [-0.4, -0.2) is 63.7 Å². The van der Waals surface area contributed by atoms with E-state index in [1.807, 2.05) is 20.8 Å². The van der Waals surface area contributed by atoms with Crippen molar-refractivity contribution >= 4 is 5.97 Å². The molecule has 7 heteroatoms. The third-order valence-electron chi connectivity index (χ3n) is 2.77. The van der Waals surface area contributed by atoms with E-state index in [1.165, 1.54) is 0 Å². The predicted molar refractivity (Wildman–Crippen MR) is 63.9 cm³/mol. The first-order chi connectivity index (χ1) is 8.61. The minimum absolute atomic E-state index is 0.198. The van der Waals surface area contributed by atoms with Crippen LogP contribution in [-0.2, 0) is 14.3 Å². The zero-order valence-electron chi connectivity index (χ0n) is 11.3. The van der Waals surface area contributed by atoms with Gasteiger partial charge in [0.1, 0.15) is 31.0 Å². The molecule has 0 aromatic heterocycles. The van der Waals surface area contributed by atoms with Gasteiger partial charge in [0.15, 0.2) is 6.29 Å². The summed E-state index contributed by atoms with van der Waals surface area (Å²) in [5.74, 6) is -0.460. The summed E-state index contributed by atoms with van der Waals surface area (Å²) in [7, 11) is 0. The van der Waals surface area contributed by atoms with Gasteiger partial charge in [-0.25, -0.2) is 0 Å². The first-order valence-electron chi connectivity index (χ1n) is 6.15. The Kier molecular flexibility index (Phi) is 5.28. The van der Waals surface area contributed by atoms with Gasteiger partial charge in [-0.1, -0.05) is 20.8 Å². The van der Waals surface area contributed by atoms with Crippen LogP contribution >= 0.6 is 0 Å². The summed E-state index contributed by atoms with van der Waals surface area (Å²) < 4.78 is 9.81. The highest BCUT2D eigenvalue weighted by atomic mass is 16.6. The van der Waals surface area contributed by atoms with Crippen LogP contribution in [0.1, 0.15) is 27.2 Å². The van der Waals surface area contributed by atoms with Gasteiger partial charge in [0, 0.05) is 0 Å². The summed E-state index contributed by atoms with van der Waals surface area (Å²) in [6.45, 7) is 5.34. The van der Waals surface area contributed by atoms with Crippen molar-refractivity contribution in [3.8, 4) is 0 Å². The summed E-state index contributed by atoms with van der Waals surface area (Å²) in [4.78, 5) is 11.5. The standard InChI is InChI=1S/C12H22O7/c1-12(2,3)4-7(13)18-5-6-8(14)9(15)10(16)11(17)19-6/h6,8-11,14-17H,4-5H2,1-3H3. The molecule has 1 aliphatic rings. The number of esters is 1. The number of carbonyl (C=O) groups is 1. The molecule has 19 heavy (non-hydrogen) atoms. The maximum Gasteiger partial charge on any atom is 0.306 e. The summed E-state index contributed by atoms with van der Waals surface area (Å²) >= 11 is 0. The second kappa shape index (κ2) is 6.15. The number of aliphatic hydroxyl groups excluding tert-OH is 4. The van der Waals surface area contributed by atoms with Crippen molar-refractivity contribution in [2.75, 3.05) is 6.61 Å². The Hall–Kier alpha value is -0.730. The third-order valence-corrected chi connectivity index (χ3v) is 2.77. The number of carbonyl (C=O) groups excluding carboxylic acids is 1. The van der Waals surface area contributed by atoms with Gasteiger partial charge in [-0.2, -0.15) is 0 Å². The molecule has 112 valence electrons. The van der Waals surface area contributed by atoms with Gasteiger partial charge >= 0.3 is 5.97 Å². The van der Waals surface area contributed by atoms with Crippen LogP contribution in [0.4, 0.5) is 0 Å². The lowest BCUT2D eigenvalue weighted by molar-refractivity contribution is -0.287. The number of ether oxygens (including phenoxy) is 2. The molecule has 0 spiro atoms. The molecule has 0 bridgehead atoms. The number of hydrogen-bond acceptors (Lipinski definition) is 7. The zero-order valence-corrected chi connectivity index (χ0v) is 11.3. The molecule has 0 aromatic rings. The second-order valence-electron chi connectivity index (χ2n) is 5.96. The maximum atomic E-state index is 11.5. The Morgan fingerprint density at radius 3 is 2.21 bits per heavy atom. The quantitative estimate of drug-likeness (QED) is 0.477. The Balaban J connectivity index is 2.47. The van der Waals surface area contributed by atoms with E-state index >= 15 is 0 Å². The fourth-order valence-electron chi connectivity index (χ4n) is 1.73.